The molecule has 0 spiro atoms. The molecule has 7 nitrogen and oxygen atoms in total. The molecular weight excluding hydrogens is 260 g/mol. The maximum atomic E-state index is 12.0. The van der Waals surface area contributed by atoms with E-state index in [1.165, 1.54) is 24.5 Å². The third-order valence-corrected chi connectivity index (χ3v) is 2.64. The summed E-state index contributed by atoms with van der Waals surface area (Å²) in [6.45, 7) is 2.00. The van der Waals surface area contributed by atoms with Crippen LogP contribution < -0.4 is 5.32 Å². The number of hydrogen-bond donors (Lipinski definition) is 1. The number of carbonyl (C=O) groups excluding carboxylic acids is 1. The molecule has 1 amide bonds. The van der Waals surface area contributed by atoms with Crippen molar-refractivity contribution >= 4 is 11.6 Å². The Morgan fingerprint density at radius 3 is 2.80 bits per heavy atom. The normalized spacial score (nSPS) is 10.1. The van der Waals surface area contributed by atoms with Crippen molar-refractivity contribution in [3.63, 3.8) is 0 Å². The van der Waals surface area contributed by atoms with Crippen LogP contribution in [0.4, 0.5) is 5.69 Å². The lowest BCUT2D eigenvalue weighted by atomic mass is 10.1. The average molecular weight is 272 g/mol. The number of carbonyl (C=O) groups is 1. The van der Waals surface area contributed by atoms with Crippen molar-refractivity contribution < 1.29 is 9.72 Å². The van der Waals surface area contributed by atoms with E-state index in [0.717, 1.165) is 5.69 Å². The lowest BCUT2D eigenvalue weighted by molar-refractivity contribution is -0.385. The van der Waals surface area contributed by atoms with Gasteiger partial charge in [0.05, 0.1) is 17.2 Å². The summed E-state index contributed by atoms with van der Waals surface area (Å²) in [7, 11) is 0. The van der Waals surface area contributed by atoms with Crippen molar-refractivity contribution in [1.29, 1.82) is 0 Å². The number of nitro groups is 1. The summed E-state index contributed by atoms with van der Waals surface area (Å²) < 4.78 is 0. The Kier molecular flexibility index (Phi) is 3.99. The van der Waals surface area contributed by atoms with Crippen LogP contribution in [0.1, 0.15) is 21.7 Å². The highest BCUT2D eigenvalue weighted by Crippen LogP contribution is 2.17. The number of rotatable bonds is 4. The number of amides is 1. The van der Waals surface area contributed by atoms with Gasteiger partial charge in [0.2, 0.25) is 0 Å². The smallest absolute Gasteiger partial charge is 0.282 e. The van der Waals surface area contributed by atoms with Crippen LogP contribution in [0.5, 0.6) is 0 Å². The second-order valence-corrected chi connectivity index (χ2v) is 4.11. The fourth-order valence-corrected chi connectivity index (χ4v) is 1.70. The predicted octanol–water partition coefficient (Wildman–Crippen LogP) is 1.62. The first-order chi connectivity index (χ1) is 9.58. The van der Waals surface area contributed by atoms with Crippen LogP contribution in [-0.2, 0) is 6.54 Å². The van der Waals surface area contributed by atoms with Gasteiger partial charge >= 0.3 is 0 Å². The summed E-state index contributed by atoms with van der Waals surface area (Å²) in [5, 5.41) is 13.5. The molecule has 0 saturated heterocycles. The van der Waals surface area contributed by atoms with E-state index in [0.29, 0.717) is 5.69 Å². The van der Waals surface area contributed by atoms with Gasteiger partial charge in [-0.2, -0.15) is 0 Å². The van der Waals surface area contributed by atoms with Gasteiger partial charge in [-0.15, -0.1) is 0 Å². The summed E-state index contributed by atoms with van der Waals surface area (Å²) in [6, 6.07) is 7.54. The largest absolute Gasteiger partial charge is 0.346 e. The fourth-order valence-electron chi connectivity index (χ4n) is 1.70. The number of aromatic nitrogens is 2. The van der Waals surface area contributed by atoms with E-state index in [1.807, 2.05) is 6.92 Å². The quantitative estimate of drug-likeness (QED) is 0.673. The molecule has 0 unspecified atom stereocenters. The molecule has 0 fully saturated rings. The second-order valence-electron chi connectivity index (χ2n) is 4.11. The van der Waals surface area contributed by atoms with E-state index < -0.39 is 10.8 Å². The predicted molar refractivity (Wildman–Crippen MR) is 71.0 cm³/mol. The van der Waals surface area contributed by atoms with E-state index >= 15 is 0 Å². The minimum Gasteiger partial charge on any atom is -0.346 e. The molecule has 2 aromatic rings. The summed E-state index contributed by atoms with van der Waals surface area (Å²) >= 11 is 0. The number of nitrogens with zero attached hydrogens (tertiary/aromatic N) is 3. The molecular formula is C13H12N4O3. The summed E-state index contributed by atoms with van der Waals surface area (Å²) in [6.07, 6.45) is 1.40. The zero-order chi connectivity index (χ0) is 14.5. The van der Waals surface area contributed by atoms with Gasteiger partial charge in [-0.25, -0.2) is 9.97 Å². The lowest BCUT2D eigenvalue weighted by Crippen LogP contribution is -2.24. The number of nitrogens with one attached hydrogen (secondary N) is 1. The number of para-hydroxylation sites is 1. The van der Waals surface area contributed by atoms with E-state index in [-0.39, 0.29) is 17.8 Å². The fraction of sp³-hybridized carbons (Fsp3) is 0.154. The van der Waals surface area contributed by atoms with Crippen molar-refractivity contribution in [1.82, 2.24) is 15.3 Å². The molecule has 0 aliphatic heterocycles. The van der Waals surface area contributed by atoms with E-state index in [1.54, 1.807) is 12.1 Å². The zero-order valence-electron chi connectivity index (χ0n) is 10.7. The standard InChI is InChI=1S/C13H12N4O3/c1-9-6-10(16-8-15-9)7-14-13(18)11-4-2-3-5-12(11)17(19)20/h2-6,8H,7H2,1H3,(H,14,18). The highest BCUT2D eigenvalue weighted by molar-refractivity contribution is 5.98. The van der Waals surface area contributed by atoms with Crippen LogP contribution >= 0.6 is 0 Å². The highest BCUT2D eigenvalue weighted by atomic mass is 16.6. The van der Waals surface area contributed by atoms with E-state index in [9.17, 15) is 14.9 Å². The third-order valence-electron chi connectivity index (χ3n) is 2.64. The molecule has 1 aromatic heterocycles. The molecule has 1 N–H and O–H groups in total. The number of hydrogen-bond acceptors (Lipinski definition) is 5. The number of benzene rings is 1. The third kappa shape index (κ3) is 3.14. The second kappa shape index (κ2) is 5.87. The Labute approximate surface area is 114 Å². The monoisotopic (exact) mass is 272 g/mol. The molecule has 0 aliphatic rings. The van der Waals surface area contributed by atoms with Crippen molar-refractivity contribution in [2.75, 3.05) is 0 Å². The molecule has 0 aliphatic carbocycles. The van der Waals surface area contributed by atoms with Crippen molar-refractivity contribution in [3.8, 4) is 0 Å². The minimum absolute atomic E-state index is 0.0308. The molecule has 1 heterocycles. The van der Waals surface area contributed by atoms with Gasteiger partial charge in [0.15, 0.2) is 0 Å². The molecule has 0 saturated carbocycles. The van der Waals surface area contributed by atoms with Gasteiger partial charge < -0.3 is 5.32 Å². The summed E-state index contributed by atoms with van der Waals surface area (Å²) in [5.41, 5.74) is 1.24. The van der Waals surface area contributed by atoms with Crippen LogP contribution in [0.15, 0.2) is 36.7 Å². The Morgan fingerprint density at radius 2 is 2.10 bits per heavy atom. The number of nitro benzene ring substituents is 1. The maximum Gasteiger partial charge on any atom is 0.282 e. The van der Waals surface area contributed by atoms with Crippen LogP contribution in [0.25, 0.3) is 0 Å². The Bertz CT molecular complexity index is 658. The Balaban J connectivity index is 2.11. The number of aryl methyl sites for hydroxylation is 1. The van der Waals surface area contributed by atoms with Crippen LogP contribution in [0.3, 0.4) is 0 Å². The first kappa shape index (κ1) is 13.6. The molecule has 7 heteroatoms. The van der Waals surface area contributed by atoms with Gasteiger partial charge in [-0.1, -0.05) is 12.1 Å². The Morgan fingerprint density at radius 1 is 1.35 bits per heavy atom. The zero-order valence-corrected chi connectivity index (χ0v) is 10.7. The molecule has 20 heavy (non-hydrogen) atoms. The van der Waals surface area contributed by atoms with Crippen LogP contribution in [-0.4, -0.2) is 20.8 Å². The van der Waals surface area contributed by atoms with E-state index in [4.69, 9.17) is 0 Å². The molecule has 0 atom stereocenters. The van der Waals surface area contributed by atoms with Crippen LogP contribution in [0, 0.1) is 17.0 Å². The van der Waals surface area contributed by atoms with Gasteiger partial charge in [0, 0.05) is 11.8 Å². The van der Waals surface area contributed by atoms with Crippen molar-refractivity contribution in [2.45, 2.75) is 13.5 Å². The maximum absolute atomic E-state index is 12.0. The minimum atomic E-state index is -0.580. The first-order valence-corrected chi connectivity index (χ1v) is 5.87. The summed E-state index contributed by atoms with van der Waals surface area (Å²) in [4.78, 5) is 30.2. The first-order valence-electron chi connectivity index (χ1n) is 5.87. The van der Waals surface area contributed by atoms with Gasteiger partial charge in [0.1, 0.15) is 11.9 Å². The topological polar surface area (TPSA) is 98.0 Å². The Hall–Kier alpha value is -2.83. The van der Waals surface area contributed by atoms with Gasteiger partial charge in [-0.3, -0.25) is 14.9 Å². The summed E-state index contributed by atoms with van der Waals surface area (Å²) in [5.74, 6) is -0.506. The van der Waals surface area contributed by atoms with Gasteiger partial charge in [-0.05, 0) is 19.1 Å². The molecule has 0 bridgehead atoms. The average Bonchev–Trinajstić information content (AvgIpc) is 2.45. The van der Waals surface area contributed by atoms with Crippen molar-refractivity contribution in [3.05, 3.63) is 63.7 Å². The molecule has 1 aromatic carbocycles. The highest BCUT2D eigenvalue weighted by Gasteiger charge is 2.18. The lowest BCUT2D eigenvalue weighted by Gasteiger charge is -2.05. The molecule has 102 valence electrons. The SMILES string of the molecule is Cc1cc(CNC(=O)c2ccccc2[N+](=O)[O-])ncn1. The molecule has 0 radical (unpaired) electrons. The molecule has 2 rings (SSSR count). The van der Waals surface area contributed by atoms with Crippen LogP contribution in [0.2, 0.25) is 0 Å². The van der Waals surface area contributed by atoms with Crippen molar-refractivity contribution in [2.24, 2.45) is 0 Å². The van der Waals surface area contributed by atoms with E-state index in [2.05, 4.69) is 15.3 Å². The van der Waals surface area contributed by atoms with Gasteiger partial charge in [0.25, 0.3) is 11.6 Å².